The fraction of sp³-hybridized carbons (Fsp3) is 0.278. The fourth-order valence-electron chi connectivity index (χ4n) is 2.72. The molecule has 1 amide bonds. The Morgan fingerprint density at radius 1 is 1.12 bits per heavy atom. The van der Waals surface area contributed by atoms with Crippen LogP contribution in [0.25, 0.3) is 0 Å². The van der Waals surface area contributed by atoms with Crippen molar-refractivity contribution in [1.29, 1.82) is 0 Å². The number of nitrogens with one attached hydrogen (secondary N) is 1. The van der Waals surface area contributed by atoms with E-state index in [1.807, 2.05) is 19.9 Å². The monoisotopic (exact) mass is 364 g/mol. The Balaban J connectivity index is 2.33. The number of anilines is 2. The average molecular weight is 364 g/mol. The van der Waals surface area contributed by atoms with Crippen LogP contribution in [0, 0.1) is 19.7 Å². The van der Waals surface area contributed by atoms with Gasteiger partial charge in [0.2, 0.25) is 15.9 Å². The molecule has 25 heavy (non-hydrogen) atoms. The molecular formula is C18H21FN2O3S. The Labute approximate surface area is 147 Å². The second-order valence-corrected chi connectivity index (χ2v) is 7.94. The van der Waals surface area contributed by atoms with E-state index in [1.165, 1.54) is 25.1 Å². The molecular weight excluding hydrogens is 343 g/mol. The van der Waals surface area contributed by atoms with Gasteiger partial charge in [-0.1, -0.05) is 12.1 Å². The van der Waals surface area contributed by atoms with Gasteiger partial charge in [-0.25, -0.2) is 12.8 Å². The van der Waals surface area contributed by atoms with Crippen LogP contribution in [0.15, 0.2) is 42.5 Å². The molecule has 134 valence electrons. The Bertz CT molecular complexity index is 877. The van der Waals surface area contributed by atoms with Crippen LogP contribution in [0.3, 0.4) is 0 Å². The van der Waals surface area contributed by atoms with Crippen LogP contribution in [0.4, 0.5) is 15.8 Å². The molecule has 2 rings (SSSR count). The summed E-state index contributed by atoms with van der Waals surface area (Å²) in [7, 11) is -3.78. The normalized spacial score (nSPS) is 12.5. The molecule has 0 saturated carbocycles. The standard InChI is InChI=1S/C18H21FN2O3S/c1-12-8-13(2)10-16(9-12)20-18(22)14(3)21(25(4,23)24)17-7-5-6-15(19)11-17/h5-11,14H,1-4H3,(H,20,22). The number of halogens is 1. The molecule has 0 saturated heterocycles. The number of carbonyl (C=O) groups is 1. The average Bonchev–Trinajstić information content (AvgIpc) is 2.44. The quantitative estimate of drug-likeness (QED) is 0.886. The molecule has 0 aliphatic carbocycles. The van der Waals surface area contributed by atoms with Gasteiger partial charge >= 0.3 is 0 Å². The number of hydrogen-bond acceptors (Lipinski definition) is 3. The Hall–Kier alpha value is -2.41. The maximum absolute atomic E-state index is 13.5. The van der Waals surface area contributed by atoms with Crippen molar-refractivity contribution in [3.05, 3.63) is 59.4 Å². The summed E-state index contributed by atoms with van der Waals surface area (Å²) in [4.78, 5) is 12.6. The third-order valence-corrected chi connectivity index (χ3v) is 4.88. The molecule has 5 nitrogen and oxygen atoms in total. The van der Waals surface area contributed by atoms with E-state index in [4.69, 9.17) is 0 Å². The number of carbonyl (C=O) groups excluding carboxylic acids is 1. The third-order valence-electron chi connectivity index (χ3n) is 3.64. The molecule has 1 unspecified atom stereocenters. The predicted octanol–water partition coefficient (Wildman–Crippen LogP) is 3.24. The number of benzene rings is 2. The van der Waals surface area contributed by atoms with Crippen LogP contribution >= 0.6 is 0 Å². The minimum atomic E-state index is -3.78. The van der Waals surface area contributed by atoms with Crippen LogP contribution in [-0.4, -0.2) is 26.6 Å². The lowest BCUT2D eigenvalue weighted by Gasteiger charge is -2.28. The van der Waals surface area contributed by atoms with Crippen molar-refractivity contribution < 1.29 is 17.6 Å². The summed E-state index contributed by atoms with van der Waals surface area (Å²) in [6, 6.07) is 9.66. The van der Waals surface area contributed by atoms with Crippen LogP contribution in [0.2, 0.25) is 0 Å². The van der Waals surface area contributed by atoms with Gasteiger partial charge in [0.05, 0.1) is 11.9 Å². The molecule has 0 heterocycles. The highest BCUT2D eigenvalue weighted by atomic mass is 32.2. The van der Waals surface area contributed by atoms with Crippen molar-refractivity contribution in [2.45, 2.75) is 26.8 Å². The zero-order valence-corrected chi connectivity index (χ0v) is 15.4. The molecule has 0 aromatic heterocycles. The lowest BCUT2D eigenvalue weighted by Crippen LogP contribution is -2.45. The molecule has 1 atom stereocenters. The first kappa shape index (κ1) is 18.9. The zero-order valence-electron chi connectivity index (χ0n) is 14.6. The van der Waals surface area contributed by atoms with Crippen molar-refractivity contribution in [2.75, 3.05) is 15.9 Å². The molecule has 0 aliphatic rings. The maximum Gasteiger partial charge on any atom is 0.247 e. The third kappa shape index (κ3) is 4.79. The lowest BCUT2D eigenvalue weighted by atomic mass is 10.1. The van der Waals surface area contributed by atoms with E-state index in [1.54, 1.807) is 12.1 Å². The second-order valence-electron chi connectivity index (χ2n) is 6.08. The summed E-state index contributed by atoms with van der Waals surface area (Å²) < 4.78 is 38.8. The minimum absolute atomic E-state index is 0.102. The number of aryl methyl sites for hydroxylation is 2. The minimum Gasteiger partial charge on any atom is -0.324 e. The SMILES string of the molecule is Cc1cc(C)cc(NC(=O)C(C)N(c2cccc(F)c2)S(C)(=O)=O)c1. The smallest absolute Gasteiger partial charge is 0.247 e. The van der Waals surface area contributed by atoms with E-state index < -0.39 is 27.8 Å². The van der Waals surface area contributed by atoms with Gasteiger partial charge in [0.15, 0.2) is 0 Å². The molecule has 0 radical (unpaired) electrons. The van der Waals surface area contributed by atoms with E-state index in [9.17, 15) is 17.6 Å². The fourth-order valence-corrected chi connectivity index (χ4v) is 3.88. The lowest BCUT2D eigenvalue weighted by molar-refractivity contribution is -0.116. The van der Waals surface area contributed by atoms with Gasteiger partial charge in [-0.2, -0.15) is 0 Å². The van der Waals surface area contributed by atoms with Crippen LogP contribution in [-0.2, 0) is 14.8 Å². The van der Waals surface area contributed by atoms with Gasteiger partial charge in [-0.05, 0) is 62.2 Å². The first-order valence-electron chi connectivity index (χ1n) is 7.72. The van der Waals surface area contributed by atoms with E-state index >= 15 is 0 Å². The molecule has 0 spiro atoms. The van der Waals surface area contributed by atoms with Crippen LogP contribution in [0.5, 0.6) is 0 Å². The summed E-state index contributed by atoms with van der Waals surface area (Å²) in [5.74, 6) is -1.08. The summed E-state index contributed by atoms with van der Waals surface area (Å²) in [6.45, 7) is 5.27. The first-order valence-corrected chi connectivity index (χ1v) is 9.57. The van der Waals surface area contributed by atoms with E-state index in [0.29, 0.717) is 5.69 Å². The van der Waals surface area contributed by atoms with Gasteiger partial charge in [-0.15, -0.1) is 0 Å². The van der Waals surface area contributed by atoms with E-state index in [0.717, 1.165) is 27.8 Å². The van der Waals surface area contributed by atoms with Crippen molar-refractivity contribution in [2.24, 2.45) is 0 Å². The highest BCUT2D eigenvalue weighted by Crippen LogP contribution is 2.23. The first-order chi connectivity index (χ1) is 11.6. The summed E-state index contributed by atoms with van der Waals surface area (Å²) in [5.41, 5.74) is 2.65. The Morgan fingerprint density at radius 3 is 2.24 bits per heavy atom. The van der Waals surface area contributed by atoms with Crippen LogP contribution < -0.4 is 9.62 Å². The van der Waals surface area contributed by atoms with Gasteiger partial charge in [0.1, 0.15) is 11.9 Å². The van der Waals surface area contributed by atoms with Gasteiger partial charge in [-0.3, -0.25) is 9.10 Å². The molecule has 0 fully saturated rings. The Morgan fingerprint density at radius 2 is 1.72 bits per heavy atom. The van der Waals surface area contributed by atoms with Crippen molar-refractivity contribution in [3.8, 4) is 0 Å². The number of amides is 1. The number of rotatable bonds is 5. The molecule has 1 N–H and O–H groups in total. The van der Waals surface area contributed by atoms with Crippen LogP contribution in [0.1, 0.15) is 18.1 Å². The van der Waals surface area contributed by atoms with Gasteiger partial charge in [0.25, 0.3) is 0 Å². The molecule has 2 aromatic rings. The topological polar surface area (TPSA) is 66.5 Å². The molecule has 0 bridgehead atoms. The summed E-state index contributed by atoms with van der Waals surface area (Å²) >= 11 is 0. The number of nitrogens with zero attached hydrogens (tertiary/aromatic N) is 1. The molecule has 2 aromatic carbocycles. The number of sulfonamides is 1. The summed E-state index contributed by atoms with van der Waals surface area (Å²) in [5, 5.41) is 2.72. The number of hydrogen-bond donors (Lipinski definition) is 1. The van der Waals surface area contributed by atoms with Gasteiger partial charge < -0.3 is 5.32 Å². The Kier molecular flexibility index (Phi) is 5.47. The van der Waals surface area contributed by atoms with E-state index in [-0.39, 0.29) is 5.69 Å². The highest BCUT2D eigenvalue weighted by Gasteiger charge is 2.29. The van der Waals surface area contributed by atoms with Crippen molar-refractivity contribution in [3.63, 3.8) is 0 Å². The van der Waals surface area contributed by atoms with E-state index in [2.05, 4.69) is 5.32 Å². The summed E-state index contributed by atoms with van der Waals surface area (Å²) in [6.07, 6.45) is 0.985. The highest BCUT2D eigenvalue weighted by molar-refractivity contribution is 7.92. The predicted molar refractivity (Wildman–Crippen MR) is 97.7 cm³/mol. The molecule has 7 heteroatoms. The largest absolute Gasteiger partial charge is 0.324 e. The second kappa shape index (κ2) is 7.23. The van der Waals surface area contributed by atoms with Crippen molar-refractivity contribution in [1.82, 2.24) is 0 Å². The van der Waals surface area contributed by atoms with Crippen molar-refractivity contribution >= 4 is 27.3 Å². The van der Waals surface area contributed by atoms with Gasteiger partial charge in [0, 0.05) is 5.69 Å². The molecule has 0 aliphatic heterocycles. The zero-order chi connectivity index (χ0) is 18.8. The maximum atomic E-state index is 13.5.